The smallest absolute Gasteiger partial charge is 0.141 e. The van der Waals surface area contributed by atoms with Crippen molar-refractivity contribution in [1.82, 2.24) is 9.59 Å². The molecule has 2 rings (SSSR count). The minimum Gasteiger partial charge on any atom is -0.487 e. The van der Waals surface area contributed by atoms with Crippen LogP contribution in [-0.2, 0) is 6.61 Å². The second-order valence-corrected chi connectivity index (χ2v) is 4.98. The Bertz CT molecular complexity index is 501. The van der Waals surface area contributed by atoms with Crippen LogP contribution in [0.15, 0.2) is 18.2 Å². The van der Waals surface area contributed by atoms with Crippen molar-refractivity contribution in [1.29, 1.82) is 0 Å². The van der Waals surface area contributed by atoms with Gasteiger partial charge in [0, 0.05) is 16.6 Å². The summed E-state index contributed by atoms with van der Waals surface area (Å²) >= 11 is 12.9. The van der Waals surface area contributed by atoms with Crippen molar-refractivity contribution in [3.05, 3.63) is 38.8 Å². The first kappa shape index (κ1) is 11.6. The van der Waals surface area contributed by atoms with E-state index in [1.54, 1.807) is 6.07 Å². The van der Waals surface area contributed by atoms with Gasteiger partial charge in [-0.05, 0) is 24.6 Å². The Morgan fingerprint density at radius 2 is 2.19 bits per heavy atom. The van der Waals surface area contributed by atoms with Gasteiger partial charge in [-0.1, -0.05) is 33.8 Å². The fourth-order valence-corrected chi connectivity index (χ4v) is 1.92. The molecule has 0 amide bonds. The van der Waals surface area contributed by atoms with Gasteiger partial charge in [0.2, 0.25) is 0 Å². The molecule has 0 unspecified atom stereocenters. The maximum atomic E-state index is 5.88. The number of hydrogen-bond donors (Lipinski definition) is 0. The molecule has 2 aromatic rings. The average Bonchev–Trinajstić information content (AvgIpc) is 2.66. The lowest BCUT2D eigenvalue weighted by molar-refractivity contribution is 0.299. The van der Waals surface area contributed by atoms with E-state index in [4.69, 9.17) is 27.9 Å². The lowest BCUT2D eigenvalue weighted by Gasteiger charge is -2.07. The molecule has 0 fully saturated rings. The lowest BCUT2D eigenvalue weighted by Crippen LogP contribution is -1.98. The van der Waals surface area contributed by atoms with Gasteiger partial charge >= 0.3 is 0 Å². The number of aromatic nitrogens is 2. The number of ether oxygens (including phenoxy) is 1. The van der Waals surface area contributed by atoms with Gasteiger partial charge in [-0.25, -0.2) is 0 Å². The predicted octanol–water partition coefficient (Wildman–Crippen LogP) is 3.73. The molecule has 1 heterocycles. The summed E-state index contributed by atoms with van der Waals surface area (Å²) in [6.07, 6.45) is 0. The van der Waals surface area contributed by atoms with E-state index in [0.717, 1.165) is 22.8 Å². The Morgan fingerprint density at radius 3 is 2.88 bits per heavy atom. The molecule has 0 N–H and O–H groups in total. The molecule has 0 saturated carbocycles. The summed E-state index contributed by atoms with van der Waals surface area (Å²) < 4.78 is 9.86. The van der Waals surface area contributed by atoms with Gasteiger partial charge in [0.25, 0.3) is 0 Å². The van der Waals surface area contributed by atoms with E-state index >= 15 is 0 Å². The summed E-state index contributed by atoms with van der Waals surface area (Å²) in [5.41, 5.74) is 1.66. The third kappa shape index (κ3) is 2.64. The van der Waals surface area contributed by atoms with Crippen molar-refractivity contribution in [2.75, 3.05) is 0 Å². The second-order valence-electron chi connectivity index (χ2n) is 3.19. The maximum absolute atomic E-state index is 5.88. The number of hydrogen-bond acceptors (Lipinski definition) is 4. The summed E-state index contributed by atoms with van der Waals surface area (Å²) in [6.45, 7) is 2.25. The lowest BCUT2D eigenvalue weighted by atomic mass is 10.2. The zero-order valence-electron chi connectivity index (χ0n) is 8.41. The molecule has 0 saturated heterocycles. The zero-order chi connectivity index (χ0) is 11.5. The highest BCUT2D eigenvalue weighted by molar-refractivity contribution is 7.10. The summed E-state index contributed by atoms with van der Waals surface area (Å²) in [4.78, 5) is 0. The van der Waals surface area contributed by atoms with Crippen molar-refractivity contribution in [2.24, 2.45) is 0 Å². The minimum absolute atomic E-state index is 0.302. The number of aryl methyl sites for hydroxylation is 1. The van der Waals surface area contributed by atoms with E-state index in [2.05, 4.69) is 9.59 Å². The van der Waals surface area contributed by atoms with E-state index in [9.17, 15) is 0 Å². The normalized spacial score (nSPS) is 10.4. The third-order valence-electron chi connectivity index (χ3n) is 2.02. The van der Waals surface area contributed by atoms with Gasteiger partial charge in [-0.3, -0.25) is 0 Å². The average molecular weight is 275 g/mol. The van der Waals surface area contributed by atoms with Gasteiger partial charge in [-0.15, -0.1) is 5.10 Å². The van der Waals surface area contributed by atoms with Crippen LogP contribution in [0.25, 0.3) is 0 Å². The quantitative estimate of drug-likeness (QED) is 0.856. The molecule has 0 bridgehead atoms. The molecular formula is C10H8Cl2N2OS. The molecule has 1 aromatic carbocycles. The van der Waals surface area contributed by atoms with E-state index in [1.165, 1.54) is 0 Å². The van der Waals surface area contributed by atoms with Crippen molar-refractivity contribution in [3.8, 4) is 5.75 Å². The van der Waals surface area contributed by atoms with Crippen LogP contribution >= 0.6 is 34.7 Å². The van der Waals surface area contributed by atoms with Crippen molar-refractivity contribution >= 4 is 34.7 Å². The molecule has 0 aliphatic carbocycles. The van der Waals surface area contributed by atoms with Crippen LogP contribution in [0.3, 0.4) is 0 Å². The van der Waals surface area contributed by atoms with Crippen LogP contribution < -0.4 is 4.74 Å². The summed E-state index contributed by atoms with van der Waals surface area (Å²) in [7, 11) is 0. The molecule has 0 aliphatic rings. The first-order chi connectivity index (χ1) is 7.66. The van der Waals surface area contributed by atoms with Gasteiger partial charge in [0.05, 0.1) is 0 Å². The van der Waals surface area contributed by atoms with Crippen LogP contribution in [-0.4, -0.2) is 9.59 Å². The Hall–Kier alpha value is -0.840. The maximum Gasteiger partial charge on any atom is 0.141 e. The predicted molar refractivity (Wildman–Crippen MR) is 65.4 cm³/mol. The fourth-order valence-electron chi connectivity index (χ4n) is 1.16. The molecule has 16 heavy (non-hydrogen) atoms. The fraction of sp³-hybridized carbons (Fsp3) is 0.200. The van der Waals surface area contributed by atoms with Crippen LogP contribution in [0, 0.1) is 6.92 Å². The number of rotatable bonds is 3. The highest BCUT2D eigenvalue weighted by Gasteiger charge is 2.07. The summed E-state index contributed by atoms with van der Waals surface area (Å²) in [5, 5.41) is 4.50. The molecule has 0 aliphatic heterocycles. The van der Waals surface area contributed by atoms with E-state index in [1.807, 2.05) is 19.1 Å². The first-order valence-electron chi connectivity index (χ1n) is 4.52. The van der Waals surface area contributed by atoms with Gasteiger partial charge in [-0.2, -0.15) is 0 Å². The van der Waals surface area contributed by atoms with E-state index < -0.39 is 0 Å². The Labute approximate surface area is 107 Å². The van der Waals surface area contributed by atoms with Crippen molar-refractivity contribution in [3.63, 3.8) is 0 Å². The Balaban J connectivity index is 2.10. The van der Waals surface area contributed by atoms with Crippen LogP contribution in [0.2, 0.25) is 9.36 Å². The largest absolute Gasteiger partial charge is 0.487 e. The van der Waals surface area contributed by atoms with E-state index in [-0.39, 0.29) is 0 Å². The van der Waals surface area contributed by atoms with Gasteiger partial charge in [0.1, 0.15) is 22.4 Å². The number of halogens is 2. The molecule has 0 radical (unpaired) electrons. The van der Waals surface area contributed by atoms with E-state index in [0.29, 0.717) is 21.7 Å². The minimum atomic E-state index is 0.302. The van der Waals surface area contributed by atoms with Crippen molar-refractivity contribution < 1.29 is 4.74 Å². The topological polar surface area (TPSA) is 35.0 Å². The molecule has 1 aromatic heterocycles. The molecule has 84 valence electrons. The Kier molecular flexibility index (Phi) is 3.63. The van der Waals surface area contributed by atoms with Crippen LogP contribution in [0.5, 0.6) is 5.75 Å². The summed E-state index contributed by atoms with van der Waals surface area (Å²) in [6, 6.07) is 5.49. The van der Waals surface area contributed by atoms with Crippen LogP contribution in [0.4, 0.5) is 0 Å². The van der Waals surface area contributed by atoms with Crippen LogP contribution in [0.1, 0.15) is 11.3 Å². The number of benzene rings is 1. The van der Waals surface area contributed by atoms with Crippen molar-refractivity contribution in [2.45, 2.75) is 13.5 Å². The first-order valence-corrected chi connectivity index (χ1v) is 6.05. The van der Waals surface area contributed by atoms with Gasteiger partial charge < -0.3 is 4.74 Å². The molecule has 6 heteroatoms. The SMILES string of the molecule is Cc1ccc(Cl)cc1OCc1nnsc1Cl. The Morgan fingerprint density at radius 1 is 1.38 bits per heavy atom. The standard InChI is InChI=1S/C10H8Cl2N2OS/c1-6-2-3-7(11)4-9(6)15-5-8-10(12)16-14-13-8/h2-4H,5H2,1H3. The third-order valence-corrected chi connectivity index (χ3v) is 3.24. The molecule has 0 atom stereocenters. The second kappa shape index (κ2) is 4.99. The molecular weight excluding hydrogens is 267 g/mol. The molecule has 3 nitrogen and oxygen atoms in total. The zero-order valence-corrected chi connectivity index (χ0v) is 10.7. The molecule has 0 spiro atoms. The highest BCUT2D eigenvalue weighted by Crippen LogP contribution is 2.25. The number of nitrogens with zero attached hydrogens (tertiary/aromatic N) is 2. The monoisotopic (exact) mass is 274 g/mol. The highest BCUT2D eigenvalue weighted by atomic mass is 35.5. The summed E-state index contributed by atoms with van der Waals surface area (Å²) in [5.74, 6) is 0.733. The van der Waals surface area contributed by atoms with Gasteiger partial charge in [0.15, 0.2) is 0 Å².